The molecule has 6 heteroatoms. The van der Waals surface area contributed by atoms with Gasteiger partial charge in [-0.15, -0.1) is 12.4 Å². The first-order valence-electron chi connectivity index (χ1n) is 4.99. The SMILES string of the molecule is Cl.NC(=O)c1ccc(N2CCNCC2)cn1. The van der Waals surface area contributed by atoms with Crippen LogP contribution in [0.4, 0.5) is 5.69 Å². The van der Waals surface area contributed by atoms with E-state index in [9.17, 15) is 4.79 Å². The van der Waals surface area contributed by atoms with Gasteiger partial charge in [-0.1, -0.05) is 0 Å². The third kappa shape index (κ3) is 2.84. The fourth-order valence-corrected chi connectivity index (χ4v) is 1.64. The lowest BCUT2D eigenvalue weighted by atomic mass is 10.2. The average Bonchev–Trinajstić information content (AvgIpc) is 2.30. The minimum absolute atomic E-state index is 0. The summed E-state index contributed by atoms with van der Waals surface area (Å²) in [5.41, 5.74) is 6.47. The van der Waals surface area contributed by atoms with Gasteiger partial charge in [0.2, 0.25) is 0 Å². The summed E-state index contributed by atoms with van der Waals surface area (Å²) in [5.74, 6) is -0.484. The fourth-order valence-electron chi connectivity index (χ4n) is 1.64. The number of aromatic nitrogens is 1. The molecule has 1 saturated heterocycles. The summed E-state index contributed by atoms with van der Waals surface area (Å²) in [4.78, 5) is 17.1. The predicted molar refractivity (Wildman–Crippen MR) is 65.1 cm³/mol. The van der Waals surface area contributed by atoms with Crippen LogP contribution in [0.5, 0.6) is 0 Å². The quantitative estimate of drug-likeness (QED) is 0.767. The predicted octanol–water partition coefficient (Wildman–Crippen LogP) is 0.0119. The summed E-state index contributed by atoms with van der Waals surface area (Å²) in [7, 11) is 0. The zero-order chi connectivity index (χ0) is 10.7. The van der Waals surface area contributed by atoms with Crippen molar-refractivity contribution in [2.75, 3.05) is 31.1 Å². The highest BCUT2D eigenvalue weighted by atomic mass is 35.5. The number of anilines is 1. The Morgan fingerprint density at radius 3 is 2.56 bits per heavy atom. The normalized spacial score (nSPS) is 15.4. The van der Waals surface area contributed by atoms with E-state index in [2.05, 4.69) is 15.2 Å². The van der Waals surface area contributed by atoms with Crippen molar-refractivity contribution in [3.8, 4) is 0 Å². The van der Waals surface area contributed by atoms with Crippen LogP contribution in [0.2, 0.25) is 0 Å². The molecular weight excluding hydrogens is 228 g/mol. The zero-order valence-corrected chi connectivity index (χ0v) is 9.67. The van der Waals surface area contributed by atoms with Crippen molar-refractivity contribution in [3.05, 3.63) is 24.0 Å². The molecule has 88 valence electrons. The molecule has 1 aliphatic rings. The van der Waals surface area contributed by atoms with Crippen LogP contribution >= 0.6 is 12.4 Å². The first-order valence-corrected chi connectivity index (χ1v) is 4.99. The molecule has 1 amide bonds. The maximum Gasteiger partial charge on any atom is 0.267 e. The van der Waals surface area contributed by atoms with Crippen molar-refractivity contribution in [2.45, 2.75) is 0 Å². The Kier molecular flexibility index (Phi) is 4.52. The largest absolute Gasteiger partial charge is 0.368 e. The Labute approximate surface area is 100 Å². The number of nitrogens with two attached hydrogens (primary N) is 1. The number of hydrogen-bond donors (Lipinski definition) is 2. The molecule has 0 atom stereocenters. The highest BCUT2D eigenvalue weighted by molar-refractivity contribution is 5.90. The standard InChI is InChI=1S/C10H14N4O.ClH/c11-10(15)9-2-1-8(7-13-9)14-5-3-12-4-6-14;/h1-2,7,12H,3-6H2,(H2,11,15);1H. The fraction of sp³-hybridized carbons (Fsp3) is 0.400. The average molecular weight is 243 g/mol. The summed E-state index contributed by atoms with van der Waals surface area (Å²) in [5, 5.41) is 3.28. The second-order valence-corrected chi connectivity index (χ2v) is 3.50. The lowest BCUT2D eigenvalue weighted by Gasteiger charge is -2.29. The van der Waals surface area contributed by atoms with Crippen molar-refractivity contribution in [1.82, 2.24) is 10.3 Å². The van der Waals surface area contributed by atoms with Crippen LogP contribution < -0.4 is 16.0 Å². The Balaban J connectivity index is 0.00000128. The van der Waals surface area contributed by atoms with E-state index in [1.54, 1.807) is 12.3 Å². The Bertz CT molecular complexity index is 348. The summed E-state index contributed by atoms with van der Waals surface area (Å²) in [6, 6.07) is 3.55. The minimum atomic E-state index is -0.484. The number of rotatable bonds is 2. The van der Waals surface area contributed by atoms with Crippen molar-refractivity contribution < 1.29 is 4.79 Å². The van der Waals surface area contributed by atoms with E-state index in [0.717, 1.165) is 31.9 Å². The molecule has 2 heterocycles. The van der Waals surface area contributed by atoms with Gasteiger partial charge >= 0.3 is 0 Å². The summed E-state index contributed by atoms with van der Waals surface area (Å²) >= 11 is 0. The molecule has 0 bridgehead atoms. The van der Waals surface area contributed by atoms with Crippen molar-refractivity contribution in [1.29, 1.82) is 0 Å². The maximum absolute atomic E-state index is 10.8. The smallest absolute Gasteiger partial charge is 0.267 e. The van der Waals surface area contributed by atoms with E-state index >= 15 is 0 Å². The summed E-state index contributed by atoms with van der Waals surface area (Å²) in [6.45, 7) is 3.91. The molecule has 1 aromatic heterocycles. The van der Waals surface area contributed by atoms with Crippen LogP contribution in [0.3, 0.4) is 0 Å². The highest BCUT2D eigenvalue weighted by Crippen LogP contribution is 2.13. The second kappa shape index (κ2) is 5.67. The van der Waals surface area contributed by atoms with E-state index in [1.165, 1.54) is 0 Å². The molecule has 2 rings (SSSR count). The van der Waals surface area contributed by atoms with Gasteiger partial charge in [0.05, 0.1) is 11.9 Å². The second-order valence-electron chi connectivity index (χ2n) is 3.50. The van der Waals surface area contributed by atoms with Gasteiger partial charge in [0, 0.05) is 26.2 Å². The van der Waals surface area contributed by atoms with E-state index < -0.39 is 5.91 Å². The molecule has 3 N–H and O–H groups in total. The Hall–Kier alpha value is -1.33. The monoisotopic (exact) mass is 242 g/mol. The van der Waals surface area contributed by atoms with Crippen LogP contribution in [0, 0.1) is 0 Å². The van der Waals surface area contributed by atoms with E-state index in [-0.39, 0.29) is 12.4 Å². The first kappa shape index (κ1) is 12.7. The lowest BCUT2D eigenvalue weighted by molar-refractivity contribution is 0.0995. The van der Waals surface area contributed by atoms with Gasteiger partial charge in [-0.3, -0.25) is 4.79 Å². The summed E-state index contributed by atoms with van der Waals surface area (Å²) in [6.07, 6.45) is 1.70. The number of amides is 1. The topological polar surface area (TPSA) is 71.2 Å². The van der Waals surface area contributed by atoms with E-state index in [1.807, 2.05) is 6.07 Å². The minimum Gasteiger partial charge on any atom is -0.368 e. The van der Waals surface area contributed by atoms with Crippen LogP contribution in [0.15, 0.2) is 18.3 Å². The highest BCUT2D eigenvalue weighted by Gasteiger charge is 2.11. The van der Waals surface area contributed by atoms with Crippen LogP contribution in [0.1, 0.15) is 10.5 Å². The molecule has 0 aromatic carbocycles. The van der Waals surface area contributed by atoms with E-state index in [0.29, 0.717) is 5.69 Å². The number of nitrogens with zero attached hydrogens (tertiary/aromatic N) is 2. The molecular formula is C10H15ClN4O. The molecule has 0 aliphatic carbocycles. The molecule has 0 radical (unpaired) electrons. The Morgan fingerprint density at radius 1 is 1.38 bits per heavy atom. The van der Waals surface area contributed by atoms with Gasteiger partial charge in [-0.05, 0) is 12.1 Å². The number of nitrogens with one attached hydrogen (secondary N) is 1. The number of halogens is 1. The number of primary amides is 1. The van der Waals surface area contributed by atoms with Gasteiger partial charge in [-0.25, -0.2) is 4.98 Å². The molecule has 5 nitrogen and oxygen atoms in total. The number of piperazine rings is 1. The van der Waals surface area contributed by atoms with Crippen molar-refractivity contribution >= 4 is 24.0 Å². The maximum atomic E-state index is 10.8. The lowest BCUT2D eigenvalue weighted by Crippen LogP contribution is -2.43. The molecule has 0 saturated carbocycles. The van der Waals surface area contributed by atoms with Crippen LogP contribution in [-0.4, -0.2) is 37.1 Å². The zero-order valence-electron chi connectivity index (χ0n) is 8.85. The number of carbonyl (C=O) groups is 1. The Morgan fingerprint density at radius 2 is 2.06 bits per heavy atom. The van der Waals surface area contributed by atoms with Gasteiger partial charge in [-0.2, -0.15) is 0 Å². The molecule has 1 aromatic rings. The number of pyridine rings is 1. The van der Waals surface area contributed by atoms with Gasteiger partial charge in [0.1, 0.15) is 5.69 Å². The third-order valence-electron chi connectivity index (χ3n) is 2.48. The molecule has 1 fully saturated rings. The first-order chi connectivity index (χ1) is 7.27. The number of hydrogen-bond acceptors (Lipinski definition) is 4. The number of carbonyl (C=O) groups excluding carboxylic acids is 1. The molecule has 16 heavy (non-hydrogen) atoms. The van der Waals surface area contributed by atoms with Crippen molar-refractivity contribution in [3.63, 3.8) is 0 Å². The summed E-state index contributed by atoms with van der Waals surface area (Å²) < 4.78 is 0. The molecule has 0 unspecified atom stereocenters. The van der Waals surface area contributed by atoms with Crippen molar-refractivity contribution in [2.24, 2.45) is 5.73 Å². The van der Waals surface area contributed by atoms with Crippen LogP contribution in [-0.2, 0) is 0 Å². The third-order valence-corrected chi connectivity index (χ3v) is 2.48. The molecule has 1 aliphatic heterocycles. The molecule has 0 spiro atoms. The van der Waals surface area contributed by atoms with Crippen LogP contribution in [0.25, 0.3) is 0 Å². The van der Waals surface area contributed by atoms with Gasteiger partial charge in [0.15, 0.2) is 0 Å². The van der Waals surface area contributed by atoms with Gasteiger partial charge in [0.25, 0.3) is 5.91 Å². The van der Waals surface area contributed by atoms with Gasteiger partial charge < -0.3 is 16.0 Å². The van der Waals surface area contributed by atoms with E-state index in [4.69, 9.17) is 5.73 Å².